The number of benzene rings is 1. The van der Waals surface area contributed by atoms with Crippen LogP contribution >= 0.6 is 0 Å². The predicted octanol–water partition coefficient (Wildman–Crippen LogP) is 2.38. The molecule has 3 heterocycles. The van der Waals surface area contributed by atoms with Crippen molar-refractivity contribution in [2.75, 3.05) is 61.3 Å². The molecule has 11 heteroatoms. The van der Waals surface area contributed by atoms with Crippen molar-refractivity contribution < 1.29 is 4.92 Å². The van der Waals surface area contributed by atoms with Crippen molar-refractivity contribution in [1.29, 1.82) is 0 Å². The van der Waals surface area contributed by atoms with Gasteiger partial charge in [0.15, 0.2) is 0 Å². The largest absolute Gasteiger partial charge is 0.380 e. The molecule has 1 aromatic carbocycles. The fraction of sp³-hybridized carbons (Fsp3) is 0.429. The monoisotopic (exact) mass is 437 g/mol. The second-order valence-electron chi connectivity index (χ2n) is 7.55. The van der Waals surface area contributed by atoms with Crippen LogP contribution in [0.1, 0.15) is 13.3 Å². The number of nitrogens with zero attached hydrogens (tertiary/aromatic N) is 7. The van der Waals surface area contributed by atoms with Crippen LogP contribution in [0.25, 0.3) is 10.9 Å². The number of rotatable bonds is 9. The number of nitro benzene ring substituents is 1. The summed E-state index contributed by atoms with van der Waals surface area (Å²) in [5.41, 5.74) is 1.16. The highest BCUT2D eigenvalue weighted by Gasteiger charge is 2.19. The van der Waals surface area contributed by atoms with Gasteiger partial charge in [-0.25, -0.2) is 19.9 Å². The number of hydrogen-bond donors (Lipinski definition) is 2. The normalized spacial score (nSPS) is 14.5. The molecule has 3 aromatic rings. The maximum absolute atomic E-state index is 11.5. The number of piperazine rings is 1. The molecule has 0 atom stereocenters. The maximum atomic E-state index is 11.5. The van der Waals surface area contributed by atoms with Crippen LogP contribution in [0.2, 0.25) is 0 Å². The molecule has 2 aromatic heterocycles. The van der Waals surface area contributed by atoms with Gasteiger partial charge in [0.1, 0.15) is 17.8 Å². The molecule has 32 heavy (non-hydrogen) atoms. The van der Waals surface area contributed by atoms with Crippen LogP contribution in [0.5, 0.6) is 0 Å². The first kappa shape index (κ1) is 21.6. The van der Waals surface area contributed by atoms with E-state index >= 15 is 0 Å². The Balaban J connectivity index is 1.32. The van der Waals surface area contributed by atoms with Crippen LogP contribution in [-0.4, -0.2) is 75.6 Å². The van der Waals surface area contributed by atoms with Gasteiger partial charge in [0.25, 0.3) is 5.69 Å². The summed E-state index contributed by atoms with van der Waals surface area (Å²) in [5.74, 6) is 1.41. The molecular weight excluding hydrogens is 410 g/mol. The van der Waals surface area contributed by atoms with Crippen molar-refractivity contribution in [2.24, 2.45) is 0 Å². The molecule has 0 unspecified atom stereocenters. The minimum Gasteiger partial charge on any atom is -0.380 e. The van der Waals surface area contributed by atoms with E-state index in [0.717, 1.165) is 51.6 Å². The molecule has 0 aliphatic carbocycles. The Kier molecular flexibility index (Phi) is 6.85. The minimum atomic E-state index is -0.381. The first-order valence-corrected chi connectivity index (χ1v) is 10.8. The third-order valence-corrected chi connectivity index (χ3v) is 5.47. The maximum Gasteiger partial charge on any atom is 0.293 e. The van der Waals surface area contributed by atoms with Crippen molar-refractivity contribution in [1.82, 2.24) is 24.8 Å². The zero-order valence-corrected chi connectivity index (χ0v) is 18.1. The lowest BCUT2D eigenvalue weighted by Gasteiger charge is -2.34. The number of hydrogen-bond acceptors (Lipinski definition) is 10. The summed E-state index contributed by atoms with van der Waals surface area (Å²) < 4.78 is 0. The molecule has 2 N–H and O–H groups in total. The first-order chi connectivity index (χ1) is 15.7. The molecule has 0 spiro atoms. The third-order valence-electron chi connectivity index (χ3n) is 5.47. The standard InChI is InChI=1S/C21H27N9O2/c1-2-22-18-14-17-16(13-19(18)30(31)32)20(27-15-26-17)23-7-4-8-28-9-11-29(12-10-28)21-24-5-3-6-25-21/h3,5-6,13-15,22H,2,4,7-12H2,1H3,(H,23,26,27). The van der Waals surface area contributed by atoms with E-state index in [-0.39, 0.29) is 10.6 Å². The summed E-state index contributed by atoms with van der Waals surface area (Å²) >= 11 is 0. The Morgan fingerprint density at radius 3 is 2.56 bits per heavy atom. The van der Waals surface area contributed by atoms with Crippen LogP contribution in [0.15, 0.2) is 36.9 Å². The Labute approximate surface area is 186 Å². The second kappa shape index (κ2) is 10.1. The SMILES string of the molecule is CCNc1cc2ncnc(NCCCN3CCN(c4ncccn4)CC3)c2cc1[N+](=O)[O-]. The van der Waals surface area contributed by atoms with Crippen LogP contribution < -0.4 is 15.5 Å². The Hall–Kier alpha value is -3.60. The van der Waals surface area contributed by atoms with E-state index in [0.29, 0.717) is 29.0 Å². The highest BCUT2D eigenvalue weighted by atomic mass is 16.6. The highest BCUT2D eigenvalue weighted by Crippen LogP contribution is 2.31. The lowest BCUT2D eigenvalue weighted by Crippen LogP contribution is -2.47. The molecule has 1 saturated heterocycles. The fourth-order valence-electron chi connectivity index (χ4n) is 3.85. The van der Waals surface area contributed by atoms with E-state index < -0.39 is 0 Å². The summed E-state index contributed by atoms with van der Waals surface area (Å²) in [7, 11) is 0. The van der Waals surface area contributed by atoms with Gasteiger partial charge >= 0.3 is 0 Å². The van der Waals surface area contributed by atoms with Crippen LogP contribution in [0.4, 0.5) is 23.1 Å². The topological polar surface area (TPSA) is 125 Å². The second-order valence-corrected chi connectivity index (χ2v) is 7.55. The van der Waals surface area contributed by atoms with Gasteiger partial charge in [-0.1, -0.05) is 0 Å². The molecule has 1 aliphatic rings. The zero-order chi connectivity index (χ0) is 22.3. The summed E-state index contributed by atoms with van der Waals surface area (Å²) in [4.78, 5) is 33.0. The molecule has 0 bridgehead atoms. The molecule has 168 valence electrons. The smallest absolute Gasteiger partial charge is 0.293 e. The van der Waals surface area contributed by atoms with Crippen molar-refractivity contribution in [3.05, 3.63) is 47.0 Å². The number of aromatic nitrogens is 4. The highest BCUT2D eigenvalue weighted by molar-refractivity contribution is 5.94. The number of nitrogens with one attached hydrogen (secondary N) is 2. The lowest BCUT2D eigenvalue weighted by atomic mass is 10.1. The molecule has 0 amide bonds. The average Bonchev–Trinajstić information content (AvgIpc) is 2.82. The molecular formula is C21H27N9O2. The third kappa shape index (κ3) is 4.99. The van der Waals surface area contributed by atoms with E-state index in [1.54, 1.807) is 24.5 Å². The summed E-state index contributed by atoms with van der Waals surface area (Å²) in [6, 6.07) is 5.08. The van der Waals surface area contributed by atoms with Crippen molar-refractivity contribution in [3.63, 3.8) is 0 Å². The van der Waals surface area contributed by atoms with E-state index in [9.17, 15) is 10.1 Å². The fourth-order valence-corrected chi connectivity index (χ4v) is 3.85. The molecule has 0 saturated carbocycles. The van der Waals surface area contributed by atoms with Crippen LogP contribution in [0.3, 0.4) is 0 Å². The van der Waals surface area contributed by atoms with Gasteiger partial charge in [0.2, 0.25) is 5.95 Å². The molecule has 0 radical (unpaired) electrons. The van der Waals surface area contributed by atoms with Crippen LogP contribution in [-0.2, 0) is 0 Å². The van der Waals surface area contributed by atoms with Gasteiger partial charge in [-0.05, 0) is 32.0 Å². The first-order valence-electron chi connectivity index (χ1n) is 10.8. The van der Waals surface area contributed by atoms with Gasteiger partial charge in [-0.3, -0.25) is 15.0 Å². The van der Waals surface area contributed by atoms with Crippen molar-refractivity contribution >= 4 is 34.0 Å². The van der Waals surface area contributed by atoms with Crippen molar-refractivity contribution in [3.8, 4) is 0 Å². The molecule has 11 nitrogen and oxygen atoms in total. The van der Waals surface area contributed by atoms with Gasteiger partial charge < -0.3 is 15.5 Å². The van der Waals surface area contributed by atoms with E-state index in [4.69, 9.17) is 0 Å². The number of nitro groups is 1. The average molecular weight is 438 g/mol. The van der Waals surface area contributed by atoms with E-state index in [2.05, 4.69) is 40.4 Å². The van der Waals surface area contributed by atoms with Gasteiger partial charge in [0, 0.05) is 63.1 Å². The quantitative estimate of drug-likeness (QED) is 0.293. The van der Waals surface area contributed by atoms with Crippen molar-refractivity contribution in [2.45, 2.75) is 13.3 Å². The zero-order valence-electron chi connectivity index (χ0n) is 18.1. The van der Waals surface area contributed by atoms with E-state index in [1.165, 1.54) is 6.33 Å². The lowest BCUT2D eigenvalue weighted by molar-refractivity contribution is -0.383. The molecule has 1 fully saturated rings. The summed E-state index contributed by atoms with van der Waals surface area (Å²) in [5, 5.41) is 18.5. The Bertz CT molecular complexity index is 1060. The molecule has 1 aliphatic heterocycles. The summed E-state index contributed by atoms with van der Waals surface area (Å²) in [6.07, 6.45) is 5.96. The number of anilines is 3. The summed E-state index contributed by atoms with van der Waals surface area (Å²) in [6.45, 7) is 7.92. The Morgan fingerprint density at radius 2 is 1.84 bits per heavy atom. The number of fused-ring (bicyclic) bond motifs is 1. The van der Waals surface area contributed by atoms with E-state index in [1.807, 2.05) is 13.0 Å². The minimum absolute atomic E-state index is 0.0254. The molecule has 4 rings (SSSR count). The van der Waals surface area contributed by atoms with Gasteiger partial charge in [-0.2, -0.15) is 0 Å². The Morgan fingerprint density at radius 1 is 1.06 bits per heavy atom. The van der Waals surface area contributed by atoms with Gasteiger partial charge in [-0.15, -0.1) is 0 Å². The van der Waals surface area contributed by atoms with Crippen LogP contribution in [0, 0.1) is 10.1 Å². The predicted molar refractivity (Wildman–Crippen MR) is 124 cm³/mol. The van der Waals surface area contributed by atoms with Gasteiger partial charge in [0.05, 0.1) is 10.4 Å².